The first-order valence-corrected chi connectivity index (χ1v) is 10.7. The van der Waals surface area contributed by atoms with Crippen LogP contribution < -0.4 is 0 Å². The number of nitrogens with zero attached hydrogens (tertiary/aromatic N) is 3. The van der Waals surface area contributed by atoms with E-state index in [1.807, 2.05) is 6.07 Å². The lowest BCUT2D eigenvalue weighted by atomic mass is 10.1. The van der Waals surface area contributed by atoms with Gasteiger partial charge in [-0.2, -0.15) is 9.57 Å². The third kappa shape index (κ3) is 4.31. The Hall–Kier alpha value is -2.11. The smallest absolute Gasteiger partial charge is 0.243 e. The Bertz CT molecular complexity index is 1010. The van der Waals surface area contributed by atoms with Crippen LogP contribution in [-0.2, 0) is 21.2 Å². The molecule has 0 spiro atoms. The molecule has 1 heterocycles. The topological polar surface area (TPSA) is 81.5 Å². The average molecular weight is 438 g/mol. The van der Waals surface area contributed by atoms with E-state index in [4.69, 9.17) is 28.5 Å². The van der Waals surface area contributed by atoms with Crippen molar-refractivity contribution in [3.8, 4) is 6.07 Å². The van der Waals surface area contributed by atoms with Gasteiger partial charge in [-0.25, -0.2) is 8.42 Å². The van der Waals surface area contributed by atoms with Crippen LogP contribution in [0.5, 0.6) is 0 Å². The molecular formula is C19H17Cl2N3O3S. The summed E-state index contributed by atoms with van der Waals surface area (Å²) in [5, 5.41) is 9.70. The zero-order valence-electron chi connectivity index (χ0n) is 14.8. The van der Waals surface area contributed by atoms with Gasteiger partial charge in [-0.15, -0.1) is 0 Å². The third-order valence-electron chi connectivity index (χ3n) is 4.60. The minimum Gasteiger partial charge on any atom is -0.340 e. The number of sulfonamides is 1. The van der Waals surface area contributed by atoms with Crippen LogP contribution in [0.1, 0.15) is 11.1 Å². The average Bonchev–Trinajstić information content (AvgIpc) is 2.71. The number of carbonyl (C=O) groups excluding carboxylic acids is 1. The van der Waals surface area contributed by atoms with Gasteiger partial charge < -0.3 is 4.90 Å². The predicted molar refractivity (Wildman–Crippen MR) is 107 cm³/mol. The van der Waals surface area contributed by atoms with Crippen LogP contribution in [0.2, 0.25) is 10.0 Å². The summed E-state index contributed by atoms with van der Waals surface area (Å²) in [5.74, 6) is -0.148. The van der Waals surface area contributed by atoms with Gasteiger partial charge in [0.15, 0.2) is 0 Å². The van der Waals surface area contributed by atoms with E-state index in [0.29, 0.717) is 21.2 Å². The van der Waals surface area contributed by atoms with E-state index < -0.39 is 10.0 Å². The summed E-state index contributed by atoms with van der Waals surface area (Å²) in [6.45, 7) is 0.974. The fourth-order valence-electron chi connectivity index (χ4n) is 2.99. The normalized spacial score (nSPS) is 15.2. The highest BCUT2D eigenvalue weighted by molar-refractivity contribution is 7.89. The van der Waals surface area contributed by atoms with Crippen molar-refractivity contribution in [1.82, 2.24) is 9.21 Å². The van der Waals surface area contributed by atoms with Gasteiger partial charge in [0.1, 0.15) is 0 Å². The van der Waals surface area contributed by atoms with Gasteiger partial charge in [-0.1, -0.05) is 29.3 Å². The second kappa shape index (κ2) is 8.50. The largest absolute Gasteiger partial charge is 0.340 e. The Labute approximate surface area is 173 Å². The van der Waals surface area contributed by atoms with Crippen LogP contribution in [0.4, 0.5) is 0 Å². The molecule has 1 saturated heterocycles. The Morgan fingerprint density at radius 3 is 2.11 bits per heavy atom. The molecule has 9 heteroatoms. The molecule has 1 aliphatic rings. The maximum Gasteiger partial charge on any atom is 0.243 e. The zero-order valence-corrected chi connectivity index (χ0v) is 17.1. The summed E-state index contributed by atoms with van der Waals surface area (Å²) in [6, 6.07) is 12.8. The summed E-state index contributed by atoms with van der Waals surface area (Å²) >= 11 is 12.2. The van der Waals surface area contributed by atoms with Crippen molar-refractivity contribution >= 4 is 39.1 Å². The molecule has 0 aliphatic carbocycles. The number of piperazine rings is 1. The molecule has 1 amide bonds. The van der Waals surface area contributed by atoms with Crippen molar-refractivity contribution in [3.05, 3.63) is 63.6 Å². The first kappa shape index (κ1) is 20.6. The maximum absolute atomic E-state index is 12.7. The molecule has 0 saturated carbocycles. The third-order valence-corrected chi connectivity index (χ3v) is 7.22. The minimum atomic E-state index is -3.66. The van der Waals surface area contributed by atoms with Gasteiger partial charge in [0.05, 0.1) is 22.9 Å². The minimum absolute atomic E-state index is 0.0703. The number of rotatable bonds is 4. The molecule has 0 radical (unpaired) electrons. The highest BCUT2D eigenvalue weighted by Crippen LogP contribution is 2.25. The first-order chi connectivity index (χ1) is 13.3. The molecular weight excluding hydrogens is 421 g/mol. The molecule has 0 N–H and O–H groups in total. The highest BCUT2D eigenvalue weighted by Gasteiger charge is 2.30. The molecule has 2 aromatic rings. The van der Waals surface area contributed by atoms with Crippen molar-refractivity contribution in [2.24, 2.45) is 0 Å². The van der Waals surface area contributed by atoms with E-state index in [0.717, 1.165) is 0 Å². The van der Waals surface area contributed by atoms with Gasteiger partial charge >= 0.3 is 0 Å². The number of hydrogen-bond donors (Lipinski definition) is 0. The lowest BCUT2D eigenvalue weighted by Gasteiger charge is -2.34. The van der Waals surface area contributed by atoms with Gasteiger partial charge in [0.2, 0.25) is 15.9 Å². The van der Waals surface area contributed by atoms with Gasteiger partial charge in [0, 0.05) is 36.2 Å². The molecule has 28 heavy (non-hydrogen) atoms. The summed E-state index contributed by atoms with van der Waals surface area (Å²) in [4.78, 5) is 14.3. The molecule has 0 aromatic heterocycles. The van der Waals surface area contributed by atoms with E-state index in [9.17, 15) is 13.2 Å². The van der Waals surface area contributed by atoms with E-state index in [1.54, 1.807) is 23.1 Å². The van der Waals surface area contributed by atoms with Crippen LogP contribution in [0, 0.1) is 11.3 Å². The molecule has 1 aliphatic heterocycles. The second-order valence-corrected chi connectivity index (χ2v) is 9.05. The van der Waals surface area contributed by atoms with Crippen molar-refractivity contribution in [2.45, 2.75) is 11.3 Å². The Balaban J connectivity index is 1.65. The van der Waals surface area contributed by atoms with Gasteiger partial charge in [-0.05, 0) is 42.0 Å². The molecule has 146 valence electrons. The number of halogens is 2. The van der Waals surface area contributed by atoms with Crippen LogP contribution in [0.15, 0.2) is 47.4 Å². The number of hydrogen-bond acceptors (Lipinski definition) is 4. The predicted octanol–water partition coefficient (Wildman–Crippen LogP) is 2.94. The fourth-order valence-corrected chi connectivity index (χ4v) is 4.95. The molecule has 3 rings (SSSR count). The molecule has 2 aromatic carbocycles. The van der Waals surface area contributed by atoms with E-state index >= 15 is 0 Å². The lowest BCUT2D eigenvalue weighted by molar-refractivity contribution is -0.131. The van der Waals surface area contributed by atoms with Crippen molar-refractivity contribution < 1.29 is 13.2 Å². The number of amides is 1. The highest BCUT2D eigenvalue weighted by atomic mass is 35.5. The second-order valence-electron chi connectivity index (χ2n) is 6.30. The molecule has 0 bridgehead atoms. The molecule has 1 fully saturated rings. The summed E-state index contributed by atoms with van der Waals surface area (Å²) in [5.41, 5.74) is 0.969. The van der Waals surface area contributed by atoms with Gasteiger partial charge in [-0.3, -0.25) is 4.79 Å². The first-order valence-electron chi connectivity index (χ1n) is 8.54. The number of nitriles is 1. The maximum atomic E-state index is 12.7. The quantitative estimate of drug-likeness (QED) is 0.735. The molecule has 0 atom stereocenters. The van der Waals surface area contributed by atoms with Crippen LogP contribution >= 0.6 is 23.2 Å². The van der Waals surface area contributed by atoms with Crippen LogP contribution in [0.3, 0.4) is 0 Å². The summed E-state index contributed by atoms with van der Waals surface area (Å²) in [6.07, 6.45) is 0.0703. The van der Waals surface area contributed by atoms with Crippen LogP contribution in [0.25, 0.3) is 0 Å². The van der Waals surface area contributed by atoms with Crippen molar-refractivity contribution in [1.29, 1.82) is 5.26 Å². The van der Waals surface area contributed by atoms with E-state index in [-0.39, 0.29) is 43.4 Å². The Morgan fingerprint density at radius 2 is 1.57 bits per heavy atom. The fraction of sp³-hybridized carbons (Fsp3) is 0.263. The van der Waals surface area contributed by atoms with Gasteiger partial charge in [0.25, 0.3) is 0 Å². The van der Waals surface area contributed by atoms with Crippen molar-refractivity contribution in [2.75, 3.05) is 26.2 Å². The zero-order chi connectivity index (χ0) is 20.3. The molecule has 0 unspecified atom stereocenters. The van der Waals surface area contributed by atoms with E-state index in [1.165, 1.54) is 28.6 Å². The standard InChI is InChI=1S/C19H17Cl2N3O3S/c20-17-2-1-3-18(21)16(17)12-19(25)23-8-10-24(11-9-23)28(26,27)15-6-4-14(13-22)5-7-15/h1-7H,8-12H2. The number of benzene rings is 2. The van der Waals surface area contributed by atoms with Crippen LogP contribution in [-0.4, -0.2) is 49.7 Å². The monoisotopic (exact) mass is 437 g/mol. The molecule has 6 nitrogen and oxygen atoms in total. The lowest BCUT2D eigenvalue weighted by Crippen LogP contribution is -2.50. The summed E-state index contributed by atoms with van der Waals surface area (Å²) in [7, 11) is -3.66. The Morgan fingerprint density at radius 1 is 1.00 bits per heavy atom. The SMILES string of the molecule is N#Cc1ccc(S(=O)(=O)N2CCN(C(=O)Cc3c(Cl)cccc3Cl)CC2)cc1. The van der Waals surface area contributed by atoms with E-state index in [2.05, 4.69) is 0 Å². The number of carbonyl (C=O) groups is 1. The van der Waals surface area contributed by atoms with Crippen molar-refractivity contribution in [3.63, 3.8) is 0 Å². The Kier molecular flexibility index (Phi) is 6.26. The summed E-state index contributed by atoms with van der Waals surface area (Å²) < 4.78 is 26.8.